The van der Waals surface area contributed by atoms with E-state index in [0.717, 1.165) is 0 Å². The predicted octanol–water partition coefficient (Wildman–Crippen LogP) is 4.10. The van der Waals surface area contributed by atoms with E-state index in [-0.39, 0.29) is 5.82 Å². The van der Waals surface area contributed by atoms with Gasteiger partial charge in [0, 0.05) is 18.0 Å². The summed E-state index contributed by atoms with van der Waals surface area (Å²) in [6, 6.07) is 6.71. The lowest BCUT2D eigenvalue weighted by molar-refractivity contribution is 1.10. The maximum Gasteiger partial charge on any atom is 0.236 e. The molecule has 7 heteroatoms. The summed E-state index contributed by atoms with van der Waals surface area (Å²) in [6.45, 7) is 0. The van der Waals surface area contributed by atoms with E-state index in [1.54, 1.807) is 36.7 Å². The summed E-state index contributed by atoms with van der Waals surface area (Å²) in [7, 11) is 0. The molecule has 19 heavy (non-hydrogen) atoms. The van der Waals surface area contributed by atoms with Crippen molar-refractivity contribution in [2.24, 2.45) is 5.18 Å². The fraction of sp³-hybridized carbons (Fsp3) is 0. The van der Waals surface area contributed by atoms with Gasteiger partial charge in [-0.05, 0) is 23.4 Å². The van der Waals surface area contributed by atoms with E-state index in [4.69, 9.17) is 23.2 Å². The van der Waals surface area contributed by atoms with E-state index < -0.39 is 0 Å². The van der Waals surface area contributed by atoms with Gasteiger partial charge < -0.3 is 0 Å². The van der Waals surface area contributed by atoms with E-state index in [9.17, 15) is 4.91 Å². The molecule has 94 valence electrons. The van der Waals surface area contributed by atoms with Gasteiger partial charge in [-0.25, -0.2) is 9.97 Å². The molecule has 0 spiro atoms. The molecule has 0 aliphatic heterocycles. The average molecular weight is 293 g/mol. The summed E-state index contributed by atoms with van der Waals surface area (Å²) in [6.07, 6.45) is 3.27. The molecule has 0 aliphatic rings. The smallest absolute Gasteiger partial charge is 0.236 e. The standard InChI is InChI=1S/C12H6Cl2N4O/c13-8-3-2-7(6-9(8)14)10-11(17-19)18-5-1-4-15-12(18)16-10/h1-6H. The second-order valence-corrected chi connectivity index (χ2v) is 4.61. The number of fused-ring (bicyclic) bond motifs is 1. The lowest BCUT2D eigenvalue weighted by atomic mass is 10.1. The Balaban J connectivity index is 2.29. The maximum absolute atomic E-state index is 11.0. The molecule has 3 aromatic rings. The quantitative estimate of drug-likeness (QED) is 0.668. The zero-order valence-electron chi connectivity index (χ0n) is 9.42. The zero-order valence-corrected chi connectivity index (χ0v) is 10.9. The Hall–Kier alpha value is -1.98. The van der Waals surface area contributed by atoms with E-state index in [2.05, 4.69) is 15.1 Å². The van der Waals surface area contributed by atoms with Crippen molar-refractivity contribution in [3.05, 3.63) is 51.6 Å². The average Bonchev–Trinajstić information content (AvgIpc) is 2.80. The molecule has 2 heterocycles. The van der Waals surface area contributed by atoms with Crippen molar-refractivity contribution in [2.45, 2.75) is 0 Å². The van der Waals surface area contributed by atoms with Gasteiger partial charge in [-0.2, -0.15) is 0 Å². The van der Waals surface area contributed by atoms with Crippen molar-refractivity contribution < 1.29 is 0 Å². The number of benzene rings is 1. The van der Waals surface area contributed by atoms with Gasteiger partial charge in [0.15, 0.2) is 0 Å². The van der Waals surface area contributed by atoms with Crippen molar-refractivity contribution in [2.75, 3.05) is 0 Å². The van der Waals surface area contributed by atoms with Gasteiger partial charge in [-0.15, -0.1) is 4.91 Å². The van der Waals surface area contributed by atoms with Crippen LogP contribution in [0.2, 0.25) is 10.0 Å². The van der Waals surface area contributed by atoms with Gasteiger partial charge in [-0.3, -0.25) is 4.40 Å². The maximum atomic E-state index is 11.0. The Morgan fingerprint density at radius 3 is 2.79 bits per heavy atom. The molecular formula is C12H6Cl2N4O. The number of aromatic nitrogens is 3. The third-order valence-corrected chi connectivity index (χ3v) is 3.40. The summed E-state index contributed by atoms with van der Waals surface area (Å²) in [5.41, 5.74) is 1.08. The number of nitroso groups, excluding NO2 is 1. The van der Waals surface area contributed by atoms with Gasteiger partial charge in [-0.1, -0.05) is 29.3 Å². The van der Waals surface area contributed by atoms with Gasteiger partial charge in [0.2, 0.25) is 11.6 Å². The molecule has 0 bridgehead atoms. The van der Waals surface area contributed by atoms with E-state index in [1.165, 1.54) is 4.40 Å². The number of nitrogens with zero attached hydrogens (tertiary/aromatic N) is 4. The number of rotatable bonds is 2. The van der Waals surface area contributed by atoms with Crippen molar-refractivity contribution in [3.8, 4) is 11.3 Å². The highest BCUT2D eigenvalue weighted by Gasteiger charge is 2.16. The lowest BCUT2D eigenvalue weighted by Crippen LogP contribution is -1.84. The molecule has 0 unspecified atom stereocenters. The van der Waals surface area contributed by atoms with Gasteiger partial charge in [0.25, 0.3) is 0 Å². The first-order valence-corrected chi connectivity index (χ1v) is 6.08. The van der Waals surface area contributed by atoms with Crippen molar-refractivity contribution >= 4 is 34.8 Å². The van der Waals surface area contributed by atoms with Crippen LogP contribution in [0.5, 0.6) is 0 Å². The SMILES string of the molecule is O=Nc1c(-c2ccc(Cl)c(Cl)c2)nc2ncccn12. The van der Waals surface area contributed by atoms with Crippen LogP contribution in [0.3, 0.4) is 0 Å². The number of imidazole rings is 1. The topological polar surface area (TPSA) is 59.6 Å². The normalized spacial score (nSPS) is 10.8. The minimum atomic E-state index is 0.182. The summed E-state index contributed by atoms with van der Waals surface area (Å²) < 4.78 is 1.52. The Kier molecular flexibility index (Phi) is 2.93. The van der Waals surface area contributed by atoms with Crippen LogP contribution >= 0.6 is 23.2 Å². The summed E-state index contributed by atoms with van der Waals surface area (Å²) in [5, 5.41) is 3.85. The fourth-order valence-electron chi connectivity index (χ4n) is 1.80. The highest BCUT2D eigenvalue weighted by molar-refractivity contribution is 6.42. The Morgan fingerprint density at radius 2 is 2.05 bits per heavy atom. The van der Waals surface area contributed by atoms with E-state index >= 15 is 0 Å². The van der Waals surface area contributed by atoms with Crippen LogP contribution in [-0.4, -0.2) is 14.4 Å². The third kappa shape index (κ3) is 1.97. The first-order chi connectivity index (χ1) is 9.20. The van der Waals surface area contributed by atoms with Crippen molar-refractivity contribution in [3.63, 3.8) is 0 Å². The van der Waals surface area contributed by atoms with Crippen LogP contribution in [0.25, 0.3) is 17.0 Å². The summed E-state index contributed by atoms with van der Waals surface area (Å²) >= 11 is 11.8. The van der Waals surface area contributed by atoms with Crippen LogP contribution in [-0.2, 0) is 0 Å². The van der Waals surface area contributed by atoms with Crippen LogP contribution < -0.4 is 0 Å². The van der Waals surface area contributed by atoms with Crippen molar-refractivity contribution in [1.29, 1.82) is 0 Å². The molecule has 0 saturated carbocycles. The predicted molar refractivity (Wildman–Crippen MR) is 73.9 cm³/mol. The highest BCUT2D eigenvalue weighted by atomic mass is 35.5. The molecule has 0 radical (unpaired) electrons. The minimum Gasteiger partial charge on any atom is -0.265 e. The summed E-state index contributed by atoms with van der Waals surface area (Å²) in [4.78, 5) is 19.4. The second-order valence-electron chi connectivity index (χ2n) is 3.79. The van der Waals surface area contributed by atoms with Crippen LogP contribution in [0.4, 0.5) is 5.82 Å². The monoisotopic (exact) mass is 292 g/mol. The zero-order chi connectivity index (χ0) is 13.4. The Labute approximate surface area is 117 Å². The highest BCUT2D eigenvalue weighted by Crippen LogP contribution is 2.33. The Bertz CT molecular complexity index is 784. The molecule has 1 aromatic carbocycles. The van der Waals surface area contributed by atoms with Gasteiger partial charge >= 0.3 is 0 Å². The molecule has 0 fully saturated rings. The minimum absolute atomic E-state index is 0.182. The Morgan fingerprint density at radius 1 is 1.21 bits per heavy atom. The first kappa shape index (κ1) is 12.1. The molecule has 0 saturated heterocycles. The fourth-order valence-corrected chi connectivity index (χ4v) is 2.10. The molecule has 3 rings (SSSR count). The van der Waals surface area contributed by atoms with E-state index in [1.807, 2.05) is 0 Å². The third-order valence-electron chi connectivity index (χ3n) is 2.66. The lowest BCUT2D eigenvalue weighted by Gasteiger charge is -2.00. The molecule has 0 aliphatic carbocycles. The number of halogens is 2. The first-order valence-electron chi connectivity index (χ1n) is 5.32. The second kappa shape index (κ2) is 4.60. The molecular weight excluding hydrogens is 287 g/mol. The van der Waals surface area contributed by atoms with Crippen molar-refractivity contribution in [1.82, 2.24) is 14.4 Å². The van der Waals surface area contributed by atoms with Crippen LogP contribution in [0.15, 0.2) is 41.8 Å². The van der Waals surface area contributed by atoms with Crippen LogP contribution in [0.1, 0.15) is 0 Å². The summed E-state index contributed by atoms with van der Waals surface area (Å²) in [5.74, 6) is 0.583. The number of hydrogen-bond donors (Lipinski definition) is 0. The van der Waals surface area contributed by atoms with E-state index in [0.29, 0.717) is 27.1 Å². The van der Waals surface area contributed by atoms with Crippen LogP contribution in [0, 0.1) is 4.91 Å². The largest absolute Gasteiger partial charge is 0.265 e. The molecule has 0 N–H and O–H groups in total. The molecule has 0 amide bonds. The molecule has 0 atom stereocenters. The van der Waals surface area contributed by atoms with Gasteiger partial charge in [0.1, 0.15) is 5.69 Å². The number of hydrogen-bond acceptors (Lipinski definition) is 4. The molecule has 5 nitrogen and oxygen atoms in total. The molecule has 2 aromatic heterocycles. The van der Waals surface area contributed by atoms with Gasteiger partial charge in [0.05, 0.1) is 10.0 Å².